The molecule has 0 spiro atoms. The summed E-state index contributed by atoms with van der Waals surface area (Å²) >= 11 is 5.78. The Hall–Kier alpha value is -3.59. The van der Waals surface area contributed by atoms with E-state index in [9.17, 15) is 13.6 Å². The van der Waals surface area contributed by atoms with E-state index >= 15 is 0 Å². The molecular weight excluding hydrogens is 402 g/mol. The summed E-state index contributed by atoms with van der Waals surface area (Å²) < 4.78 is 28.8. The number of nitrogens with zero attached hydrogens (tertiary/aromatic N) is 4. The quantitative estimate of drug-likeness (QED) is 0.487. The smallest absolute Gasteiger partial charge is 0.342 e. The number of hydrogen-bond acceptors (Lipinski definition) is 5. The second kappa shape index (κ2) is 7.44. The molecule has 0 aliphatic heterocycles. The largest absolute Gasteiger partial charge is 0.354 e. The zero-order valence-corrected chi connectivity index (χ0v) is 15.7. The third-order valence-electron chi connectivity index (χ3n) is 4.19. The van der Waals surface area contributed by atoms with E-state index in [0.29, 0.717) is 28.5 Å². The minimum Gasteiger partial charge on any atom is -0.354 e. The van der Waals surface area contributed by atoms with Crippen molar-refractivity contribution in [3.05, 3.63) is 65.6 Å². The van der Waals surface area contributed by atoms with Crippen LogP contribution in [0.1, 0.15) is 0 Å². The predicted octanol–water partition coefficient (Wildman–Crippen LogP) is 4.36. The molecule has 0 atom stereocenters. The molecule has 0 saturated heterocycles. The Morgan fingerprint density at radius 2 is 1.90 bits per heavy atom. The van der Waals surface area contributed by atoms with Crippen molar-refractivity contribution in [2.24, 2.45) is 0 Å². The second-order valence-electron chi connectivity index (χ2n) is 6.00. The summed E-state index contributed by atoms with van der Waals surface area (Å²) in [7, 11) is 1.50. The number of benzene rings is 1. The minimum atomic E-state index is -0.844. The van der Waals surface area contributed by atoms with Crippen molar-refractivity contribution in [2.75, 3.05) is 12.4 Å². The summed E-state index contributed by atoms with van der Waals surface area (Å²) in [6.07, 6.45) is 4.52. The Morgan fingerprint density at radius 1 is 1.10 bits per heavy atom. The molecule has 0 fully saturated rings. The fourth-order valence-corrected chi connectivity index (χ4v) is 3.01. The fourth-order valence-electron chi connectivity index (χ4n) is 2.85. The van der Waals surface area contributed by atoms with Gasteiger partial charge in [0.05, 0.1) is 22.6 Å². The van der Waals surface area contributed by atoms with Gasteiger partial charge >= 0.3 is 6.03 Å². The normalized spacial score (nSPS) is 10.9. The molecule has 0 bridgehead atoms. The van der Waals surface area contributed by atoms with Crippen molar-refractivity contribution in [1.29, 1.82) is 0 Å². The summed E-state index contributed by atoms with van der Waals surface area (Å²) in [5.41, 5.74) is 2.44. The van der Waals surface area contributed by atoms with Crippen LogP contribution < -0.4 is 10.6 Å². The predicted molar refractivity (Wildman–Crippen MR) is 105 cm³/mol. The molecule has 3 heterocycles. The van der Waals surface area contributed by atoms with Crippen molar-refractivity contribution >= 4 is 40.0 Å². The van der Waals surface area contributed by atoms with Gasteiger partial charge in [-0.1, -0.05) is 11.6 Å². The molecule has 7 nitrogen and oxygen atoms in total. The van der Waals surface area contributed by atoms with Gasteiger partial charge in [-0.3, -0.25) is 9.97 Å². The highest BCUT2D eigenvalue weighted by atomic mass is 35.5. The molecule has 1 amide bonds. The minimum absolute atomic E-state index is 0.0651. The lowest BCUT2D eigenvalue weighted by molar-refractivity contribution is 0.242. The van der Waals surface area contributed by atoms with Crippen molar-refractivity contribution < 1.29 is 13.6 Å². The molecule has 1 aromatic carbocycles. The maximum atomic E-state index is 14.2. The molecular formula is C19H13ClF2N6O. The number of nitrogens with one attached hydrogen (secondary N) is 2. The summed E-state index contributed by atoms with van der Waals surface area (Å²) in [6.45, 7) is 0. The molecule has 0 unspecified atom stereocenters. The SMILES string of the molecule is CNC(=O)n1ncc2nccc(Nc3ccnc(-c4cc(Cl)c(F)cc4F)c3)c21. The zero-order chi connectivity index (χ0) is 20.5. The number of fused-ring (bicyclic) bond motifs is 1. The third kappa shape index (κ3) is 3.47. The van der Waals surface area contributed by atoms with Crippen LogP contribution in [0.15, 0.2) is 48.9 Å². The molecule has 146 valence electrons. The van der Waals surface area contributed by atoms with Gasteiger partial charge in [-0.15, -0.1) is 0 Å². The number of amides is 1. The van der Waals surface area contributed by atoms with Crippen molar-refractivity contribution in [1.82, 2.24) is 25.1 Å². The van der Waals surface area contributed by atoms with Crippen molar-refractivity contribution in [3.63, 3.8) is 0 Å². The van der Waals surface area contributed by atoms with E-state index in [1.54, 1.807) is 24.4 Å². The van der Waals surface area contributed by atoms with Gasteiger partial charge in [-0.25, -0.2) is 13.6 Å². The average Bonchev–Trinajstić information content (AvgIpc) is 3.15. The lowest BCUT2D eigenvalue weighted by atomic mass is 10.1. The van der Waals surface area contributed by atoms with Crippen LogP contribution in [0, 0.1) is 11.6 Å². The van der Waals surface area contributed by atoms with Crippen molar-refractivity contribution in [3.8, 4) is 11.3 Å². The maximum Gasteiger partial charge on any atom is 0.342 e. The highest BCUT2D eigenvalue weighted by Crippen LogP contribution is 2.30. The zero-order valence-electron chi connectivity index (χ0n) is 14.9. The lowest BCUT2D eigenvalue weighted by Crippen LogP contribution is -2.25. The molecule has 0 aliphatic carbocycles. The molecule has 4 rings (SSSR count). The molecule has 0 radical (unpaired) electrons. The molecule has 3 aromatic heterocycles. The van der Waals surface area contributed by atoms with Gasteiger partial charge in [-0.2, -0.15) is 9.78 Å². The van der Waals surface area contributed by atoms with Gasteiger partial charge in [0.25, 0.3) is 0 Å². The Kier molecular flexibility index (Phi) is 4.81. The van der Waals surface area contributed by atoms with E-state index in [1.165, 1.54) is 30.2 Å². The van der Waals surface area contributed by atoms with Crippen LogP contribution >= 0.6 is 11.6 Å². The van der Waals surface area contributed by atoms with Crippen LogP contribution in [0.3, 0.4) is 0 Å². The first-order valence-corrected chi connectivity index (χ1v) is 8.78. The first kappa shape index (κ1) is 18.8. The Bertz CT molecular complexity index is 1240. The first-order valence-electron chi connectivity index (χ1n) is 8.40. The van der Waals surface area contributed by atoms with E-state index in [-0.39, 0.29) is 16.3 Å². The monoisotopic (exact) mass is 414 g/mol. The van der Waals surface area contributed by atoms with Gasteiger partial charge in [0.1, 0.15) is 22.7 Å². The van der Waals surface area contributed by atoms with E-state index in [4.69, 9.17) is 11.6 Å². The van der Waals surface area contributed by atoms with Crippen molar-refractivity contribution in [2.45, 2.75) is 0 Å². The van der Waals surface area contributed by atoms with Crippen LogP contribution in [0.4, 0.5) is 25.0 Å². The number of carbonyl (C=O) groups excluding carboxylic acids is 1. The standard InChI is InChI=1S/C19H13ClF2N6O/c1-23-19(29)28-18-15(3-5-25-17(18)9-26-28)27-10-2-4-24-16(6-10)11-7-12(20)14(22)8-13(11)21/h2-9H,1H3,(H,23,29)(H,24,25,27). The van der Waals surface area contributed by atoms with Gasteiger partial charge in [0, 0.05) is 36.8 Å². The van der Waals surface area contributed by atoms with Gasteiger partial charge < -0.3 is 10.6 Å². The van der Waals surface area contributed by atoms with Crippen LogP contribution in [0.5, 0.6) is 0 Å². The highest BCUT2D eigenvalue weighted by molar-refractivity contribution is 6.31. The first-order chi connectivity index (χ1) is 14.0. The van der Waals surface area contributed by atoms with Crippen LogP contribution in [0.2, 0.25) is 5.02 Å². The molecule has 10 heteroatoms. The second-order valence-corrected chi connectivity index (χ2v) is 6.41. The van der Waals surface area contributed by atoms with Crippen LogP contribution in [-0.4, -0.2) is 32.8 Å². The highest BCUT2D eigenvalue weighted by Gasteiger charge is 2.15. The van der Waals surface area contributed by atoms with E-state index in [0.717, 1.165) is 0 Å². The number of halogens is 3. The number of pyridine rings is 2. The molecule has 0 saturated carbocycles. The summed E-state index contributed by atoms with van der Waals surface area (Å²) in [5, 5.41) is 9.52. The number of rotatable bonds is 3. The summed E-state index contributed by atoms with van der Waals surface area (Å²) in [4.78, 5) is 20.4. The lowest BCUT2D eigenvalue weighted by Gasteiger charge is -2.11. The Morgan fingerprint density at radius 3 is 2.69 bits per heavy atom. The number of carbonyl (C=O) groups is 1. The number of aromatic nitrogens is 4. The van der Waals surface area contributed by atoms with E-state index in [2.05, 4.69) is 25.7 Å². The average molecular weight is 415 g/mol. The van der Waals surface area contributed by atoms with Gasteiger partial charge in [0.15, 0.2) is 0 Å². The fraction of sp³-hybridized carbons (Fsp3) is 0.0526. The Labute approximate surface area is 168 Å². The third-order valence-corrected chi connectivity index (χ3v) is 4.48. The van der Waals surface area contributed by atoms with E-state index in [1.807, 2.05) is 0 Å². The maximum absolute atomic E-state index is 14.2. The molecule has 0 aliphatic rings. The molecule has 2 N–H and O–H groups in total. The summed E-state index contributed by atoms with van der Waals surface area (Å²) in [5.74, 6) is -1.62. The number of anilines is 2. The Balaban J connectivity index is 1.75. The summed E-state index contributed by atoms with van der Waals surface area (Å²) in [6, 6.07) is 6.41. The number of hydrogen-bond donors (Lipinski definition) is 2. The van der Waals surface area contributed by atoms with Gasteiger partial charge in [-0.05, 0) is 24.3 Å². The van der Waals surface area contributed by atoms with Gasteiger partial charge in [0.2, 0.25) is 0 Å². The van der Waals surface area contributed by atoms with E-state index < -0.39 is 17.7 Å². The van der Waals surface area contributed by atoms with Crippen LogP contribution in [-0.2, 0) is 0 Å². The topological polar surface area (TPSA) is 84.7 Å². The van der Waals surface area contributed by atoms with Crippen LogP contribution in [0.25, 0.3) is 22.3 Å². The molecule has 4 aromatic rings. The molecule has 29 heavy (non-hydrogen) atoms.